The van der Waals surface area contributed by atoms with Crippen molar-refractivity contribution in [1.29, 1.82) is 0 Å². The molecule has 0 spiro atoms. The van der Waals surface area contributed by atoms with Gasteiger partial charge in [-0.2, -0.15) is 0 Å². The van der Waals surface area contributed by atoms with Crippen molar-refractivity contribution in [2.24, 2.45) is 23.7 Å². The van der Waals surface area contributed by atoms with Gasteiger partial charge in [0.05, 0.1) is 0 Å². The Morgan fingerprint density at radius 1 is 0.722 bits per heavy atom. The lowest BCUT2D eigenvalue weighted by atomic mass is 9.39. The molecule has 1 N–H and O–H groups in total. The van der Waals surface area contributed by atoms with Gasteiger partial charge >= 0.3 is 0 Å². The molecule has 0 radical (unpaired) electrons. The fourth-order valence-electron chi connectivity index (χ4n) is 8.04. The minimum Gasteiger partial charge on any atom is -0.455 e. The van der Waals surface area contributed by atoms with E-state index >= 15 is 0 Å². The van der Waals surface area contributed by atoms with Crippen molar-refractivity contribution in [2.75, 3.05) is 5.32 Å². The van der Waals surface area contributed by atoms with Gasteiger partial charge in [-0.3, -0.25) is 0 Å². The van der Waals surface area contributed by atoms with Crippen LogP contribution in [0.3, 0.4) is 0 Å². The highest BCUT2D eigenvalue weighted by atomic mass is 16.3. The van der Waals surface area contributed by atoms with Gasteiger partial charge in [0.15, 0.2) is 0 Å². The number of anilines is 2. The molecular weight excluding hydrogens is 438 g/mol. The number of para-hydroxylation sites is 2. The first-order chi connectivity index (χ1) is 17.6. The van der Waals surface area contributed by atoms with Crippen LogP contribution >= 0.6 is 0 Å². The molecule has 3 aliphatic carbocycles. The Balaban J connectivity index is 1.07. The van der Waals surface area contributed by atoms with E-state index in [1.54, 1.807) is 0 Å². The molecule has 3 saturated carbocycles. The summed E-state index contributed by atoms with van der Waals surface area (Å²) in [5.74, 6) is 4.15. The first-order valence-corrected chi connectivity index (χ1v) is 13.5. The molecule has 4 aromatic carbocycles. The molecule has 2 nitrogen and oxygen atoms in total. The zero-order valence-corrected chi connectivity index (χ0v) is 20.7. The third-order valence-corrected chi connectivity index (χ3v) is 9.72. The second-order valence-electron chi connectivity index (χ2n) is 11.9. The van der Waals surface area contributed by atoms with E-state index in [1.165, 1.54) is 42.0 Å². The number of nitrogens with one attached hydrogen (secondary N) is 1. The average molecular weight is 470 g/mol. The van der Waals surface area contributed by atoms with Crippen LogP contribution in [0.1, 0.15) is 38.2 Å². The molecule has 3 fully saturated rings. The molecule has 0 aliphatic heterocycles. The van der Waals surface area contributed by atoms with Crippen LogP contribution in [-0.2, 0) is 5.41 Å². The summed E-state index contributed by atoms with van der Waals surface area (Å²) >= 11 is 0. The molecule has 0 saturated heterocycles. The van der Waals surface area contributed by atoms with Gasteiger partial charge in [-0.25, -0.2) is 0 Å². The highest BCUT2D eigenvalue weighted by Crippen LogP contribution is 2.67. The summed E-state index contributed by atoms with van der Waals surface area (Å²) in [7, 11) is 0. The van der Waals surface area contributed by atoms with Crippen molar-refractivity contribution in [3.63, 3.8) is 0 Å². The summed E-state index contributed by atoms with van der Waals surface area (Å²) in [5.41, 5.74) is 8.27. The maximum Gasteiger partial charge on any atom is 0.143 e. The van der Waals surface area contributed by atoms with Crippen LogP contribution in [0.2, 0.25) is 0 Å². The van der Waals surface area contributed by atoms with Gasteiger partial charge in [-0.15, -0.1) is 0 Å². The lowest BCUT2D eigenvalue weighted by Gasteiger charge is -2.65. The number of hydrogen-bond donors (Lipinski definition) is 1. The van der Waals surface area contributed by atoms with Gasteiger partial charge in [0.2, 0.25) is 0 Å². The Morgan fingerprint density at radius 2 is 1.47 bits per heavy atom. The molecular formula is C34H31NO. The van der Waals surface area contributed by atoms with Crippen LogP contribution in [0, 0.1) is 23.7 Å². The topological polar surface area (TPSA) is 25.2 Å². The van der Waals surface area contributed by atoms with E-state index in [-0.39, 0.29) is 0 Å². The van der Waals surface area contributed by atoms with E-state index in [0.29, 0.717) is 5.41 Å². The van der Waals surface area contributed by atoms with Crippen LogP contribution in [0.5, 0.6) is 0 Å². The summed E-state index contributed by atoms with van der Waals surface area (Å²) in [6, 6.07) is 32.6. The predicted molar refractivity (Wildman–Crippen MR) is 149 cm³/mol. The van der Waals surface area contributed by atoms with E-state index in [1.807, 2.05) is 12.1 Å². The molecule has 0 amide bonds. The van der Waals surface area contributed by atoms with E-state index in [9.17, 15) is 0 Å². The standard InChI is InChI=1S/C34H31NO/c1-34(19-23-16-22-17-24(20-34)32(22)23)25-12-14-26(15-13-25)35-27-7-4-6-21(18-27)28-9-5-10-30-29-8-2-3-11-31(29)36-33(28)30/h2-15,18,22-24,32,35H,16-17,19-20H2,1H3. The van der Waals surface area contributed by atoms with Crippen molar-refractivity contribution >= 4 is 33.3 Å². The quantitative estimate of drug-likeness (QED) is 0.284. The molecule has 8 rings (SSSR count). The summed E-state index contributed by atoms with van der Waals surface area (Å²) in [6.45, 7) is 2.51. The van der Waals surface area contributed by atoms with Gasteiger partial charge in [0.25, 0.3) is 0 Å². The Bertz CT molecular complexity index is 1590. The molecule has 178 valence electrons. The summed E-state index contributed by atoms with van der Waals surface area (Å²) < 4.78 is 6.28. The van der Waals surface area contributed by atoms with Crippen molar-refractivity contribution < 1.29 is 4.42 Å². The zero-order valence-electron chi connectivity index (χ0n) is 20.7. The van der Waals surface area contributed by atoms with Gasteiger partial charge in [-0.05, 0) is 96.2 Å². The van der Waals surface area contributed by atoms with Crippen molar-refractivity contribution in [3.8, 4) is 11.1 Å². The maximum atomic E-state index is 6.28. The van der Waals surface area contributed by atoms with Crippen LogP contribution in [-0.4, -0.2) is 0 Å². The Morgan fingerprint density at radius 3 is 2.28 bits per heavy atom. The van der Waals surface area contributed by atoms with E-state index in [2.05, 4.69) is 91.1 Å². The van der Waals surface area contributed by atoms with Gasteiger partial charge < -0.3 is 9.73 Å². The fraction of sp³-hybridized carbons (Fsp3) is 0.294. The first kappa shape index (κ1) is 20.7. The average Bonchev–Trinajstić information content (AvgIpc) is 3.26. The minimum absolute atomic E-state index is 0.348. The third-order valence-electron chi connectivity index (χ3n) is 9.72. The highest BCUT2D eigenvalue weighted by Gasteiger charge is 2.59. The number of benzene rings is 4. The van der Waals surface area contributed by atoms with E-state index in [4.69, 9.17) is 4.42 Å². The summed E-state index contributed by atoms with van der Waals surface area (Å²) in [5, 5.41) is 5.98. The lowest BCUT2D eigenvalue weighted by Crippen LogP contribution is -2.58. The number of furan rings is 1. The largest absolute Gasteiger partial charge is 0.455 e. The summed E-state index contributed by atoms with van der Waals surface area (Å²) in [6.07, 6.45) is 5.75. The SMILES string of the molecule is CC1(c2ccc(Nc3cccc(-c4cccc5c4oc4ccccc45)c3)cc2)CC2CC3CC(C1)C32. The van der Waals surface area contributed by atoms with Gasteiger partial charge in [-0.1, -0.05) is 67.6 Å². The second-order valence-corrected chi connectivity index (χ2v) is 11.9. The van der Waals surface area contributed by atoms with Crippen LogP contribution in [0.25, 0.3) is 33.1 Å². The maximum absolute atomic E-state index is 6.28. The van der Waals surface area contributed by atoms with Crippen molar-refractivity contribution in [2.45, 2.75) is 38.0 Å². The van der Waals surface area contributed by atoms with E-state index in [0.717, 1.165) is 57.3 Å². The zero-order chi connectivity index (χ0) is 23.9. The van der Waals surface area contributed by atoms with E-state index < -0.39 is 0 Å². The third kappa shape index (κ3) is 3.03. The molecule has 36 heavy (non-hydrogen) atoms. The second kappa shape index (κ2) is 7.49. The Hall–Kier alpha value is -3.52. The fourth-order valence-corrected chi connectivity index (χ4v) is 8.04. The van der Waals surface area contributed by atoms with Gasteiger partial charge in [0.1, 0.15) is 11.2 Å². The predicted octanol–water partition coefficient (Wildman–Crippen LogP) is 9.32. The normalized spacial score (nSPS) is 28.4. The number of hydrogen-bond acceptors (Lipinski definition) is 2. The van der Waals surface area contributed by atoms with Crippen LogP contribution in [0.15, 0.2) is 95.4 Å². The molecule has 3 aliphatic rings. The molecule has 0 bridgehead atoms. The number of rotatable bonds is 4. The molecule has 5 aromatic rings. The lowest BCUT2D eigenvalue weighted by molar-refractivity contribution is -0.141. The highest BCUT2D eigenvalue weighted by molar-refractivity contribution is 6.09. The molecule has 1 heterocycles. The summed E-state index contributed by atoms with van der Waals surface area (Å²) in [4.78, 5) is 0. The first-order valence-electron chi connectivity index (χ1n) is 13.5. The smallest absolute Gasteiger partial charge is 0.143 e. The number of fused-ring (bicyclic) bond motifs is 3. The molecule has 1 aromatic heterocycles. The Kier molecular flexibility index (Phi) is 4.30. The van der Waals surface area contributed by atoms with Crippen molar-refractivity contribution in [3.05, 3.63) is 96.6 Å². The van der Waals surface area contributed by atoms with Crippen LogP contribution in [0.4, 0.5) is 11.4 Å². The van der Waals surface area contributed by atoms with Crippen molar-refractivity contribution in [1.82, 2.24) is 0 Å². The minimum atomic E-state index is 0.348. The Labute approximate surface area is 212 Å². The monoisotopic (exact) mass is 469 g/mol. The van der Waals surface area contributed by atoms with Gasteiger partial charge in [0, 0.05) is 27.7 Å². The molecule has 2 unspecified atom stereocenters. The molecule has 2 heteroatoms. The molecule has 2 atom stereocenters. The van der Waals surface area contributed by atoms with Crippen LogP contribution < -0.4 is 5.32 Å².